The number of ketones is 1. The van der Waals surface area contributed by atoms with Gasteiger partial charge in [-0.2, -0.15) is 0 Å². The van der Waals surface area contributed by atoms with Crippen molar-refractivity contribution in [1.29, 1.82) is 0 Å². The van der Waals surface area contributed by atoms with Gasteiger partial charge < -0.3 is 9.47 Å². The first-order chi connectivity index (χ1) is 9.58. The van der Waals surface area contributed by atoms with Gasteiger partial charge in [0.05, 0.1) is 25.8 Å². The molecular weight excluding hydrogens is 254 g/mol. The van der Waals surface area contributed by atoms with Gasteiger partial charge >= 0.3 is 0 Å². The van der Waals surface area contributed by atoms with Gasteiger partial charge in [-0.15, -0.1) is 0 Å². The SMILES string of the molecule is COCCN(CC(=O)c1ccccc1OC)CC(C)C. The molecule has 0 radical (unpaired) electrons. The standard InChI is InChI=1S/C16H25NO3/c1-13(2)11-17(9-10-19-3)12-15(18)14-7-5-6-8-16(14)20-4/h5-8,13H,9-12H2,1-4H3. The smallest absolute Gasteiger partial charge is 0.180 e. The fourth-order valence-corrected chi connectivity index (χ4v) is 2.13. The molecule has 0 atom stereocenters. The lowest BCUT2D eigenvalue weighted by atomic mass is 10.1. The summed E-state index contributed by atoms with van der Waals surface area (Å²) in [5, 5.41) is 0. The molecule has 0 bridgehead atoms. The van der Waals surface area contributed by atoms with E-state index in [0.717, 1.165) is 13.1 Å². The summed E-state index contributed by atoms with van der Waals surface area (Å²) in [6, 6.07) is 7.35. The highest BCUT2D eigenvalue weighted by atomic mass is 16.5. The summed E-state index contributed by atoms with van der Waals surface area (Å²) in [5.74, 6) is 1.23. The Kier molecular flexibility index (Phi) is 7.26. The number of carbonyl (C=O) groups is 1. The Morgan fingerprint density at radius 3 is 2.55 bits per heavy atom. The van der Waals surface area contributed by atoms with Crippen molar-refractivity contribution in [3.63, 3.8) is 0 Å². The van der Waals surface area contributed by atoms with Crippen LogP contribution in [0.3, 0.4) is 0 Å². The topological polar surface area (TPSA) is 38.8 Å². The number of nitrogens with zero attached hydrogens (tertiary/aromatic N) is 1. The van der Waals surface area contributed by atoms with Crippen LogP contribution in [0.15, 0.2) is 24.3 Å². The molecule has 1 rings (SSSR count). The zero-order valence-electron chi connectivity index (χ0n) is 12.9. The van der Waals surface area contributed by atoms with Gasteiger partial charge in [0, 0.05) is 20.2 Å². The number of Topliss-reactive ketones (excluding diaryl/α,β-unsaturated/α-hetero) is 1. The van der Waals surface area contributed by atoms with Gasteiger partial charge in [-0.25, -0.2) is 0 Å². The van der Waals surface area contributed by atoms with E-state index in [0.29, 0.717) is 30.4 Å². The Hall–Kier alpha value is -1.39. The van der Waals surface area contributed by atoms with Crippen LogP contribution in [0.25, 0.3) is 0 Å². The maximum atomic E-state index is 12.4. The molecule has 0 unspecified atom stereocenters. The fraction of sp³-hybridized carbons (Fsp3) is 0.562. The number of rotatable bonds is 9. The third kappa shape index (κ3) is 5.31. The predicted octanol–water partition coefficient (Wildman–Crippen LogP) is 2.48. The largest absolute Gasteiger partial charge is 0.496 e. The molecule has 0 spiro atoms. The zero-order chi connectivity index (χ0) is 15.0. The van der Waals surface area contributed by atoms with Gasteiger partial charge in [-0.3, -0.25) is 9.69 Å². The number of carbonyl (C=O) groups excluding carboxylic acids is 1. The molecule has 0 saturated carbocycles. The van der Waals surface area contributed by atoms with Gasteiger partial charge in [0.15, 0.2) is 5.78 Å². The van der Waals surface area contributed by atoms with Crippen LogP contribution >= 0.6 is 0 Å². The van der Waals surface area contributed by atoms with Crippen molar-refractivity contribution in [2.75, 3.05) is 40.5 Å². The van der Waals surface area contributed by atoms with Crippen LogP contribution < -0.4 is 4.74 Å². The lowest BCUT2D eigenvalue weighted by molar-refractivity contribution is 0.0878. The third-order valence-corrected chi connectivity index (χ3v) is 3.01. The first-order valence-electron chi connectivity index (χ1n) is 6.96. The maximum Gasteiger partial charge on any atom is 0.180 e. The average molecular weight is 279 g/mol. The number of benzene rings is 1. The highest BCUT2D eigenvalue weighted by Crippen LogP contribution is 2.18. The van der Waals surface area contributed by atoms with Crippen molar-refractivity contribution in [2.45, 2.75) is 13.8 Å². The van der Waals surface area contributed by atoms with E-state index in [9.17, 15) is 4.79 Å². The minimum absolute atomic E-state index is 0.0826. The summed E-state index contributed by atoms with van der Waals surface area (Å²) in [7, 11) is 3.26. The molecule has 112 valence electrons. The normalized spacial score (nSPS) is 11.1. The molecule has 0 aliphatic heterocycles. The van der Waals surface area contributed by atoms with E-state index in [4.69, 9.17) is 9.47 Å². The van der Waals surface area contributed by atoms with E-state index in [2.05, 4.69) is 18.7 Å². The summed E-state index contributed by atoms with van der Waals surface area (Å²) in [4.78, 5) is 14.5. The molecule has 0 saturated heterocycles. The van der Waals surface area contributed by atoms with Gasteiger partial charge in [0.25, 0.3) is 0 Å². The second-order valence-electron chi connectivity index (χ2n) is 5.25. The fourth-order valence-electron chi connectivity index (χ4n) is 2.13. The summed E-state index contributed by atoms with van der Waals surface area (Å²) in [6.45, 7) is 6.95. The summed E-state index contributed by atoms with van der Waals surface area (Å²) in [5.41, 5.74) is 0.640. The zero-order valence-corrected chi connectivity index (χ0v) is 12.9. The second-order valence-corrected chi connectivity index (χ2v) is 5.25. The van der Waals surface area contributed by atoms with Crippen molar-refractivity contribution in [2.24, 2.45) is 5.92 Å². The minimum Gasteiger partial charge on any atom is -0.496 e. The molecule has 0 N–H and O–H groups in total. The molecule has 1 aromatic rings. The number of hydrogen-bond donors (Lipinski definition) is 0. The Morgan fingerprint density at radius 1 is 1.25 bits per heavy atom. The molecule has 0 aliphatic rings. The summed E-state index contributed by atoms with van der Waals surface area (Å²) in [6.07, 6.45) is 0. The van der Waals surface area contributed by atoms with E-state index in [1.54, 1.807) is 14.2 Å². The van der Waals surface area contributed by atoms with Crippen LogP contribution in [0.4, 0.5) is 0 Å². The predicted molar refractivity (Wildman–Crippen MR) is 80.5 cm³/mol. The van der Waals surface area contributed by atoms with Crippen LogP contribution in [0.1, 0.15) is 24.2 Å². The monoisotopic (exact) mass is 279 g/mol. The van der Waals surface area contributed by atoms with E-state index >= 15 is 0 Å². The van der Waals surface area contributed by atoms with Gasteiger partial charge in [0.1, 0.15) is 5.75 Å². The molecule has 0 aromatic heterocycles. The molecule has 0 heterocycles. The number of hydrogen-bond acceptors (Lipinski definition) is 4. The minimum atomic E-state index is 0.0826. The highest BCUT2D eigenvalue weighted by molar-refractivity contribution is 6.00. The molecule has 1 aromatic carbocycles. The van der Waals surface area contributed by atoms with E-state index in [1.807, 2.05) is 24.3 Å². The number of methoxy groups -OCH3 is 2. The number of para-hydroxylation sites is 1. The Balaban J connectivity index is 2.73. The van der Waals surface area contributed by atoms with Crippen LogP contribution in [0.2, 0.25) is 0 Å². The number of ether oxygens (including phenoxy) is 2. The van der Waals surface area contributed by atoms with E-state index in [1.165, 1.54) is 0 Å². The first kappa shape index (κ1) is 16.7. The van der Waals surface area contributed by atoms with Crippen molar-refractivity contribution >= 4 is 5.78 Å². The lowest BCUT2D eigenvalue weighted by Crippen LogP contribution is -2.35. The van der Waals surface area contributed by atoms with Crippen LogP contribution in [0.5, 0.6) is 5.75 Å². The average Bonchev–Trinajstić information content (AvgIpc) is 2.44. The molecule has 4 nitrogen and oxygen atoms in total. The second kappa shape index (κ2) is 8.72. The Morgan fingerprint density at radius 2 is 1.95 bits per heavy atom. The van der Waals surface area contributed by atoms with E-state index < -0.39 is 0 Å². The van der Waals surface area contributed by atoms with Gasteiger partial charge in [-0.05, 0) is 18.1 Å². The van der Waals surface area contributed by atoms with Crippen LogP contribution in [-0.2, 0) is 4.74 Å². The Bertz CT molecular complexity index is 418. The quantitative estimate of drug-likeness (QED) is 0.651. The summed E-state index contributed by atoms with van der Waals surface area (Å²) >= 11 is 0. The Labute approximate surface area is 121 Å². The van der Waals surface area contributed by atoms with Crippen molar-refractivity contribution < 1.29 is 14.3 Å². The molecule has 0 fully saturated rings. The van der Waals surface area contributed by atoms with Crippen molar-refractivity contribution in [3.05, 3.63) is 29.8 Å². The van der Waals surface area contributed by atoms with Gasteiger partial charge in [0.2, 0.25) is 0 Å². The molecular formula is C16H25NO3. The lowest BCUT2D eigenvalue weighted by Gasteiger charge is -2.23. The highest BCUT2D eigenvalue weighted by Gasteiger charge is 2.16. The molecule has 20 heavy (non-hydrogen) atoms. The molecule has 0 amide bonds. The van der Waals surface area contributed by atoms with Crippen molar-refractivity contribution in [3.8, 4) is 5.75 Å². The molecule has 4 heteroatoms. The van der Waals surface area contributed by atoms with Crippen LogP contribution in [0, 0.1) is 5.92 Å². The maximum absolute atomic E-state index is 12.4. The van der Waals surface area contributed by atoms with Gasteiger partial charge in [-0.1, -0.05) is 26.0 Å². The van der Waals surface area contributed by atoms with Crippen molar-refractivity contribution in [1.82, 2.24) is 4.90 Å². The summed E-state index contributed by atoms with van der Waals surface area (Å²) < 4.78 is 10.4. The first-order valence-corrected chi connectivity index (χ1v) is 6.96. The van der Waals surface area contributed by atoms with E-state index in [-0.39, 0.29) is 5.78 Å². The van der Waals surface area contributed by atoms with Crippen LogP contribution in [-0.4, -0.2) is 51.1 Å². The third-order valence-electron chi connectivity index (χ3n) is 3.01. The molecule has 0 aliphatic carbocycles.